The monoisotopic (exact) mass is 353 g/mol. The van der Waals surface area contributed by atoms with E-state index in [0.29, 0.717) is 5.78 Å². The molecule has 2 aromatic heterocycles. The van der Waals surface area contributed by atoms with Crippen molar-refractivity contribution in [3.63, 3.8) is 0 Å². The zero-order chi connectivity index (χ0) is 18.7. The first kappa shape index (κ1) is 17.5. The van der Waals surface area contributed by atoms with Crippen LogP contribution in [0.3, 0.4) is 0 Å². The Labute approximate surface area is 150 Å². The molecule has 2 heterocycles. The van der Waals surface area contributed by atoms with Crippen LogP contribution in [0, 0.1) is 6.92 Å². The highest BCUT2D eigenvalue weighted by atomic mass is 16.5. The van der Waals surface area contributed by atoms with Gasteiger partial charge < -0.3 is 9.64 Å². The fraction of sp³-hybridized carbons (Fsp3) is 0.278. The van der Waals surface area contributed by atoms with Crippen molar-refractivity contribution in [2.75, 3.05) is 11.5 Å². The second kappa shape index (κ2) is 7.30. The van der Waals surface area contributed by atoms with E-state index >= 15 is 0 Å². The van der Waals surface area contributed by atoms with E-state index in [2.05, 4.69) is 15.1 Å². The van der Waals surface area contributed by atoms with Crippen molar-refractivity contribution in [2.24, 2.45) is 0 Å². The maximum atomic E-state index is 12.5. The van der Waals surface area contributed by atoms with E-state index in [1.54, 1.807) is 17.2 Å². The Morgan fingerprint density at radius 3 is 2.58 bits per heavy atom. The first-order chi connectivity index (χ1) is 12.5. The van der Waals surface area contributed by atoms with Crippen molar-refractivity contribution in [3.8, 4) is 0 Å². The molecule has 0 aliphatic carbocycles. The minimum absolute atomic E-state index is 0.0798. The van der Waals surface area contributed by atoms with Gasteiger partial charge in [0.2, 0.25) is 0 Å². The number of aromatic nitrogens is 4. The molecule has 0 radical (unpaired) electrons. The van der Waals surface area contributed by atoms with E-state index < -0.39 is 12.6 Å². The van der Waals surface area contributed by atoms with Gasteiger partial charge in [-0.2, -0.15) is 4.98 Å². The highest BCUT2D eigenvalue weighted by molar-refractivity contribution is 5.96. The Bertz CT molecular complexity index is 936. The lowest BCUT2D eigenvalue weighted by Gasteiger charge is -2.26. The Balaban J connectivity index is 1.71. The minimum atomic E-state index is -0.764. The summed E-state index contributed by atoms with van der Waals surface area (Å²) in [5.74, 6) is -0.913. The zero-order valence-electron chi connectivity index (χ0n) is 14.8. The van der Waals surface area contributed by atoms with Crippen molar-refractivity contribution in [3.05, 3.63) is 54.1 Å². The lowest BCUT2D eigenvalue weighted by Crippen LogP contribution is -2.40. The van der Waals surface area contributed by atoms with Gasteiger partial charge in [-0.1, -0.05) is 18.2 Å². The van der Waals surface area contributed by atoms with Crippen molar-refractivity contribution < 1.29 is 14.3 Å². The van der Waals surface area contributed by atoms with Gasteiger partial charge in [-0.25, -0.2) is 14.3 Å². The maximum Gasteiger partial charge on any atom is 0.378 e. The number of ether oxygens (including phenoxy) is 1. The summed E-state index contributed by atoms with van der Waals surface area (Å²) in [7, 11) is 0. The van der Waals surface area contributed by atoms with Crippen LogP contribution < -0.4 is 4.90 Å². The predicted octanol–water partition coefficient (Wildman–Crippen LogP) is 2.03. The van der Waals surface area contributed by atoms with E-state index in [1.807, 2.05) is 51.1 Å². The van der Waals surface area contributed by atoms with Crippen LogP contribution in [0.4, 0.5) is 5.69 Å². The van der Waals surface area contributed by atoms with Gasteiger partial charge in [0.05, 0.1) is 0 Å². The fourth-order valence-electron chi connectivity index (χ4n) is 2.57. The van der Waals surface area contributed by atoms with Gasteiger partial charge in [-0.05, 0) is 39.0 Å². The molecule has 1 amide bonds. The molecule has 0 aliphatic heterocycles. The van der Waals surface area contributed by atoms with Crippen LogP contribution in [-0.2, 0) is 9.53 Å². The molecule has 3 rings (SSSR count). The summed E-state index contributed by atoms with van der Waals surface area (Å²) in [5, 5.41) is 4.07. The molecule has 0 saturated carbocycles. The second-order valence-corrected chi connectivity index (χ2v) is 6.00. The van der Waals surface area contributed by atoms with Gasteiger partial charge in [-0.3, -0.25) is 4.79 Å². The van der Waals surface area contributed by atoms with Crippen LogP contribution in [0.5, 0.6) is 0 Å². The molecule has 134 valence electrons. The van der Waals surface area contributed by atoms with E-state index in [9.17, 15) is 9.59 Å². The number of esters is 1. The van der Waals surface area contributed by atoms with Crippen molar-refractivity contribution in [1.82, 2.24) is 19.6 Å². The number of amides is 1. The number of para-hydroxylation sites is 1. The molecule has 0 N–H and O–H groups in total. The van der Waals surface area contributed by atoms with Gasteiger partial charge in [0.15, 0.2) is 6.61 Å². The first-order valence-corrected chi connectivity index (χ1v) is 8.20. The molecular formula is C18H19N5O3. The van der Waals surface area contributed by atoms with Gasteiger partial charge >= 0.3 is 5.97 Å². The molecule has 0 bridgehead atoms. The third-order valence-corrected chi connectivity index (χ3v) is 3.76. The van der Waals surface area contributed by atoms with E-state index in [0.717, 1.165) is 11.4 Å². The van der Waals surface area contributed by atoms with Crippen LogP contribution in [-0.4, -0.2) is 44.1 Å². The lowest BCUT2D eigenvalue weighted by atomic mass is 10.2. The number of anilines is 1. The average molecular weight is 353 g/mol. The number of nitrogens with zero attached hydrogens (tertiary/aromatic N) is 5. The Kier molecular flexibility index (Phi) is 4.92. The lowest BCUT2D eigenvalue weighted by molar-refractivity contribution is -0.122. The molecule has 26 heavy (non-hydrogen) atoms. The standard InChI is InChI=1S/C18H19N5O3/c1-12(2)22(14-7-5-4-6-8-14)15(24)11-26-17(25)16-20-18-19-10-9-13(3)23(18)21-16/h4-10,12H,11H2,1-3H3. The maximum absolute atomic E-state index is 12.5. The third kappa shape index (κ3) is 3.53. The van der Waals surface area contributed by atoms with Gasteiger partial charge in [0.25, 0.3) is 17.5 Å². The third-order valence-electron chi connectivity index (χ3n) is 3.76. The minimum Gasteiger partial charge on any atom is -0.450 e. The Morgan fingerprint density at radius 1 is 1.19 bits per heavy atom. The quantitative estimate of drug-likeness (QED) is 0.652. The summed E-state index contributed by atoms with van der Waals surface area (Å²) in [6, 6.07) is 10.9. The summed E-state index contributed by atoms with van der Waals surface area (Å²) >= 11 is 0. The van der Waals surface area contributed by atoms with E-state index in [1.165, 1.54) is 4.52 Å². The highest BCUT2D eigenvalue weighted by Gasteiger charge is 2.22. The summed E-state index contributed by atoms with van der Waals surface area (Å²) in [6.45, 7) is 5.21. The number of carbonyl (C=O) groups excluding carboxylic acids is 2. The Hall–Kier alpha value is -3.29. The van der Waals surface area contributed by atoms with Crippen LogP contribution in [0.2, 0.25) is 0 Å². The number of hydrogen-bond acceptors (Lipinski definition) is 6. The molecule has 0 saturated heterocycles. The van der Waals surface area contributed by atoms with Crippen molar-refractivity contribution in [2.45, 2.75) is 26.8 Å². The van der Waals surface area contributed by atoms with Gasteiger partial charge in [-0.15, -0.1) is 5.10 Å². The molecule has 0 fully saturated rings. The van der Waals surface area contributed by atoms with E-state index in [-0.39, 0.29) is 17.8 Å². The SMILES string of the molecule is Cc1ccnc2nc(C(=O)OCC(=O)N(c3ccccc3)C(C)C)nn12. The summed E-state index contributed by atoms with van der Waals surface area (Å²) in [5.41, 5.74) is 1.53. The fourth-order valence-corrected chi connectivity index (χ4v) is 2.57. The van der Waals surface area contributed by atoms with E-state index in [4.69, 9.17) is 4.74 Å². The largest absolute Gasteiger partial charge is 0.450 e. The molecule has 3 aromatic rings. The normalized spacial score (nSPS) is 10.9. The number of aryl methyl sites for hydroxylation is 1. The van der Waals surface area contributed by atoms with Crippen LogP contribution in [0.1, 0.15) is 30.2 Å². The number of hydrogen-bond donors (Lipinski definition) is 0. The predicted molar refractivity (Wildman–Crippen MR) is 94.9 cm³/mol. The van der Waals surface area contributed by atoms with Crippen LogP contribution >= 0.6 is 0 Å². The summed E-state index contributed by atoms with van der Waals surface area (Å²) in [4.78, 5) is 34.4. The molecule has 0 atom stereocenters. The average Bonchev–Trinajstić information content (AvgIpc) is 3.06. The van der Waals surface area contributed by atoms with Crippen LogP contribution in [0.25, 0.3) is 5.78 Å². The summed E-state index contributed by atoms with van der Waals surface area (Å²) < 4.78 is 6.56. The molecule has 0 aliphatic rings. The molecule has 8 heteroatoms. The highest BCUT2D eigenvalue weighted by Crippen LogP contribution is 2.16. The number of carbonyl (C=O) groups is 2. The zero-order valence-corrected chi connectivity index (χ0v) is 14.8. The van der Waals surface area contributed by atoms with Crippen molar-refractivity contribution in [1.29, 1.82) is 0 Å². The molecular weight excluding hydrogens is 334 g/mol. The van der Waals surface area contributed by atoms with Gasteiger partial charge in [0.1, 0.15) is 0 Å². The molecule has 0 unspecified atom stereocenters. The summed E-state index contributed by atoms with van der Waals surface area (Å²) in [6.07, 6.45) is 1.58. The molecule has 0 spiro atoms. The second-order valence-electron chi connectivity index (χ2n) is 6.00. The number of fused-ring (bicyclic) bond motifs is 1. The number of benzene rings is 1. The number of rotatable bonds is 5. The van der Waals surface area contributed by atoms with Gasteiger partial charge in [0, 0.05) is 23.6 Å². The van der Waals surface area contributed by atoms with Crippen molar-refractivity contribution >= 4 is 23.3 Å². The molecule has 8 nitrogen and oxygen atoms in total. The van der Waals surface area contributed by atoms with Crippen LogP contribution in [0.15, 0.2) is 42.6 Å². The first-order valence-electron chi connectivity index (χ1n) is 8.20. The Morgan fingerprint density at radius 2 is 1.92 bits per heavy atom. The molecule has 1 aromatic carbocycles. The topological polar surface area (TPSA) is 89.7 Å². The smallest absolute Gasteiger partial charge is 0.378 e.